The second-order valence-electron chi connectivity index (χ2n) is 6.20. The molecule has 0 fully saturated rings. The minimum absolute atomic E-state index is 0.0910. The molecule has 3 heteroatoms. The summed E-state index contributed by atoms with van der Waals surface area (Å²) in [6.07, 6.45) is 6.68. The molecule has 0 radical (unpaired) electrons. The SMILES string of the molecule is CCc1cc(CC)c2c(c1)[C@@H](N1C(=O)C=CC1=O)C[C@@H]2CC. The number of nitrogens with zero attached hydrogens (tertiary/aromatic N) is 1. The maximum Gasteiger partial charge on any atom is 0.254 e. The van der Waals surface area contributed by atoms with Gasteiger partial charge in [0.15, 0.2) is 0 Å². The van der Waals surface area contributed by atoms with Crippen LogP contribution in [0.3, 0.4) is 0 Å². The quantitative estimate of drug-likeness (QED) is 0.795. The Hall–Kier alpha value is -1.90. The zero-order valence-corrected chi connectivity index (χ0v) is 13.6. The van der Waals surface area contributed by atoms with Crippen LogP contribution in [-0.2, 0) is 22.4 Å². The van der Waals surface area contributed by atoms with Crippen molar-refractivity contribution in [2.24, 2.45) is 0 Å². The fourth-order valence-corrected chi connectivity index (χ4v) is 3.92. The van der Waals surface area contributed by atoms with E-state index in [2.05, 4.69) is 32.9 Å². The monoisotopic (exact) mass is 297 g/mol. The molecule has 2 amide bonds. The smallest absolute Gasteiger partial charge is 0.254 e. The molecule has 1 aromatic carbocycles. The van der Waals surface area contributed by atoms with Crippen LogP contribution in [0.15, 0.2) is 24.3 Å². The number of aryl methyl sites for hydroxylation is 2. The molecule has 1 aromatic rings. The molecule has 116 valence electrons. The molecule has 0 bridgehead atoms. The van der Waals surface area contributed by atoms with Gasteiger partial charge < -0.3 is 0 Å². The predicted octanol–water partition coefficient (Wildman–Crippen LogP) is 3.67. The molecule has 0 saturated carbocycles. The molecule has 3 rings (SSSR count). The Morgan fingerprint density at radius 2 is 1.73 bits per heavy atom. The van der Waals surface area contributed by atoms with Crippen molar-refractivity contribution in [3.05, 3.63) is 46.5 Å². The number of fused-ring (bicyclic) bond motifs is 1. The van der Waals surface area contributed by atoms with Gasteiger partial charge in [0.2, 0.25) is 0 Å². The van der Waals surface area contributed by atoms with Crippen molar-refractivity contribution in [3.8, 4) is 0 Å². The van der Waals surface area contributed by atoms with E-state index in [-0.39, 0.29) is 17.9 Å². The first kappa shape index (κ1) is 15.0. The Labute approximate surface area is 132 Å². The molecular weight excluding hydrogens is 274 g/mol. The molecule has 0 spiro atoms. The van der Waals surface area contributed by atoms with E-state index in [9.17, 15) is 9.59 Å². The first-order valence-corrected chi connectivity index (χ1v) is 8.31. The molecule has 1 aliphatic heterocycles. The van der Waals surface area contributed by atoms with Gasteiger partial charge in [-0.2, -0.15) is 0 Å². The number of carbonyl (C=O) groups is 2. The van der Waals surface area contributed by atoms with Crippen molar-refractivity contribution < 1.29 is 9.59 Å². The topological polar surface area (TPSA) is 37.4 Å². The lowest BCUT2D eigenvalue weighted by molar-refractivity contribution is -0.139. The first-order chi connectivity index (χ1) is 10.6. The molecule has 1 heterocycles. The summed E-state index contributed by atoms with van der Waals surface area (Å²) in [6.45, 7) is 6.52. The van der Waals surface area contributed by atoms with E-state index in [1.165, 1.54) is 39.3 Å². The Morgan fingerprint density at radius 3 is 2.27 bits per heavy atom. The number of imide groups is 1. The fraction of sp³-hybridized carbons (Fsp3) is 0.474. The average Bonchev–Trinajstić information content (AvgIpc) is 3.06. The summed E-state index contributed by atoms with van der Waals surface area (Å²) in [5.41, 5.74) is 5.27. The number of benzene rings is 1. The van der Waals surface area contributed by atoms with Gasteiger partial charge >= 0.3 is 0 Å². The highest BCUT2D eigenvalue weighted by atomic mass is 16.2. The standard InChI is InChI=1S/C19H23NO2/c1-4-12-9-13(5-2)19-14(6-3)11-16(15(19)10-12)20-17(21)7-8-18(20)22/h7-10,14,16H,4-6,11H2,1-3H3/t14-,16-/m0/s1. The van der Waals surface area contributed by atoms with Gasteiger partial charge in [0.05, 0.1) is 6.04 Å². The van der Waals surface area contributed by atoms with E-state index in [1.807, 2.05) is 0 Å². The molecule has 3 nitrogen and oxygen atoms in total. The minimum atomic E-state index is -0.169. The van der Waals surface area contributed by atoms with Crippen LogP contribution in [0.25, 0.3) is 0 Å². The Bertz CT molecular complexity index is 642. The second kappa shape index (κ2) is 5.71. The normalized spacial score (nSPS) is 23.5. The third-order valence-corrected chi connectivity index (χ3v) is 5.07. The maximum absolute atomic E-state index is 12.1. The molecule has 0 unspecified atom stereocenters. The molecule has 0 aromatic heterocycles. The first-order valence-electron chi connectivity index (χ1n) is 8.31. The van der Waals surface area contributed by atoms with Crippen LogP contribution in [0.4, 0.5) is 0 Å². The average molecular weight is 297 g/mol. The number of amides is 2. The van der Waals surface area contributed by atoms with Crippen LogP contribution < -0.4 is 0 Å². The van der Waals surface area contributed by atoms with E-state index in [0.29, 0.717) is 5.92 Å². The molecule has 0 saturated heterocycles. The highest BCUT2D eigenvalue weighted by Gasteiger charge is 2.40. The highest BCUT2D eigenvalue weighted by Crippen LogP contribution is 2.48. The fourth-order valence-electron chi connectivity index (χ4n) is 3.92. The summed E-state index contributed by atoms with van der Waals surface area (Å²) in [6, 6.07) is 4.43. The van der Waals surface area contributed by atoms with Crippen LogP contribution in [0.2, 0.25) is 0 Å². The summed E-state index contributed by atoms with van der Waals surface area (Å²) in [7, 11) is 0. The van der Waals surface area contributed by atoms with Crippen LogP contribution in [-0.4, -0.2) is 16.7 Å². The summed E-state index contributed by atoms with van der Waals surface area (Å²) in [5, 5.41) is 0. The van der Waals surface area contributed by atoms with Crippen molar-refractivity contribution in [1.82, 2.24) is 4.90 Å². The van der Waals surface area contributed by atoms with Gasteiger partial charge in [-0.25, -0.2) is 0 Å². The molecule has 2 atom stereocenters. The van der Waals surface area contributed by atoms with Crippen LogP contribution >= 0.6 is 0 Å². The van der Waals surface area contributed by atoms with Gasteiger partial charge in [-0.05, 0) is 53.9 Å². The Morgan fingerprint density at radius 1 is 1.05 bits per heavy atom. The molecule has 22 heavy (non-hydrogen) atoms. The summed E-state index contributed by atoms with van der Waals surface area (Å²) >= 11 is 0. The molecule has 1 aliphatic carbocycles. The number of rotatable bonds is 4. The lowest BCUT2D eigenvalue weighted by atomic mass is 9.90. The van der Waals surface area contributed by atoms with Crippen LogP contribution in [0, 0.1) is 0 Å². The van der Waals surface area contributed by atoms with Crippen LogP contribution in [0.1, 0.15) is 67.8 Å². The van der Waals surface area contributed by atoms with Gasteiger partial charge in [-0.15, -0.1) is 0 Å². The van der Waals surface area contributed by atoms with Gasteiger partial charge in [-0.3, -0.25) is 14.5 Å². The largest absolute Gasteiger partial charge is 0.269 e. The minimum Gasteiger partial charge on any atom is -0.269 e. The third kappa shape index (κ3) is 2.20. The van der Waals surface area contributed by atoms with E-state index < -0.39 is 0 Å². The number of hydrogen-bond acceptors (Lipinski definition) is 2. The maximum atomic E-state index is 12.1. The van der Waals surface area contributed by atoms with E-state index in [1.54, 1.807) is 0 Å². The molecule has 0 N–H and O–H groups in total. The molecular formula is C19H23NO2. The van der Waals surface area contributed by atoms with Gasteiger partial charge in [0.25, 0.3) is 11.8 Å². The second-order valence-corrected chi connectivity index (χ2v) is 6.20. The zero-order valence-electron chi connectivity index (χ0n) is 13.6. The van der Waals surface area contributed by atoms with Gasteiger partial charge in [-0.1, -0.05) is 32.9 Å². The summed E-state index contributed by atoms with van der Waals surface area (Å²) in [4.78, 5) is 25.7. The molecule has 2 aliphatic rings. The van der Waals surface area contributed by atoms with Crippen LogP contribution in [0.5, 0.6) is 0 Å². The van der Waals surface area contributed by atoms with Crippen molar-refractivity contribution in [2.45, 2.75) is 58.4 Å². The number of carbonyl (C=O) groups excluding carboxylic acids is 2. The third-order valence-electron chi connectivity index (χ3n) is 5.07. The summed E-state index contributed by atoms with van der Waals surface area (Å²) in [5.74, 6) is 0.109. The van der Waals surface area contributed by atoms with E-state index in [4.69, 9.17) is 0 Å². The predicted molar refractivity (Wildman–Crippen MR) is 86.6 cm³/mol. The van der Waals surface area contributed by atoms with Crippen molar-refractivity contribution >= 4 is 11.8 Å². The van der Waals surface area contributed by atoms with Crippen molar-refractivity contribution in [3.63, 3.8) is 0 Å². The van der Waals surface area contributed by atoms with Gasteiger partial charge in [0, 0.05) is 12.2 Å². The zero-order chi connectivity index (χ0) is 15.9. The Kier molecular flexibility index (Phi) is 3.90. The Balaban J connectivity index is 2.12. The summed E-state index contributed by atoms with van der Waals surface area (Å²) < 4.78 is 0. The van der Waals surface area contributed by atoms with E-state index >= 15 is 0 Å². The lowest BCUT2D eigenvalue weighted by Crippen LogP contribution is -2.33. The van der Waals surface area contributed by atoms with Crippen molar-refractivity contribution in [1.29, 1.82) is 0 Å². The number of hydrogen-bond donors (Lipinski definition) is 0. The van der Waals surface area contributed by atoms with Crippen molar-refractivity contribution in [2.75, 3.05) is 0 Å². The lowest BCUT2D eigenvalue weighted by Gasteiger charge is -2.23. The van der Waals surface area contributed by atoms with Gasteiger partial charge in [0.1, 0.15) is 0 Å². The van der Waals surface area contributed by atoms with E-state index in [0.717, 1.165) is 25.7 Å². The highest BCUT2D eigenvalue weighted by molar-refractivity contribution is 6.13.